The van der Waals surface area contributed by atoms with Crippen molar-refractivity contribution in [2.24, 2.45) is 0 Å². The lowest BCUT2D eigenvalue weighted by Crippen LogP contribution is -2.22. The number of aromatic nitrogens is 1. The summed E-state index contributed by atoms with van der Waals surface area (Å²) in [6.07, 6.45) is 0. The van der Waals surface area contributed by atoms with E-state index in [1.165, 1.54) is 0 Å². The van der Waals surface area contributed by atoms with Crippen LogP contribution in [0.1, 0.15) is 43.3 Å². The Morgan fingerprint density at radius 2 is 1.80 bits per heavy atom. The van der Waals surface area contributed by atoms with E-state index < -0.39 is 0 Å². The summed E-state index contributed by atoms with van der Waals surface area (Å²) < 4.78 is 11.4. The van der Waals surface area contributed by atoms with Crippen molar-refractivity contribution >= 4 is 11.1 Å². The minimum atomic E-state index is 0.0165. The molecule has 2 heterocycles. The van der Waals surface area contributed by atoms with Gasteiger partial charge in [-0.25, -0.2) is 4.98 Å². The van der Waals surface area contributed by atoms with Crippen LogP contribution in [-0.4, -0.2) is 4.98 Å². The molecule has 3 rings (SSSR count). The number of para-hydroxylation sites is 2. The van der Waals surface area contributed by atoms with Crippen molar-refractivity contribution < 1.29 is 8.83 Å². The van der Waals surface area contributed by atoms with Crippen molar-refractivity contribution in [3.63, 3.8) is 0 Å². The molecule has 2 aromatic heterocycles. The Kier molecular flexibility index (Phi) is 3.32. The number of hydrogen-bond acceptors (Lipinski definition) is 4. The highest BCUT2D eigenvalue weighted by Gasteiger charge is 2.18. The van der Waals surface area contributed by atoms with Gasteiger partial charge in [-0.2, -0.15) is 0 Å². The summed E-state index contributed by atoms with van der Waals surface area (Å²) in [7, 11) is 0. The average molecular weight is 270 g/mol. The van der Waals surface area contributed by atoms with Gasteiger partial charge >= 0.3 is 0 Å². The van der Waals surface area contributed by atoms with Gasteiger partial charge < -0.3 is 8.83 Å². The molecule has 0 saturated heterocycles. The number of hydrogen-bond donors (Lipinski definition) is 1. The molecule has 104 valence electrons. The van der Waals surface area contributed by atoms with Crippen LogP contribution in [0, 0.1) is 6.92 Å². The monoisotopic (exact) mass is 270 g/mol. The standard InChI is InChI=1S/C16H18N2O2/c1-10-8-9-14(19-10)11(2)17-12(3)16-18-13-6-4-5-7-15(13)20-16/h4-9,11-12,17H,1-3H3. The van der Waals surface area contributed by atoms with Crippen LogP contribution in [-0.2, 0) is 0 Å². The van der Waals surface area contributed by atoms with E-state index in [2.05, 4.69) is 17.2 Å². The lowest BCUT2D eigenvalue weighted by atomic mass is 10.2. The number of nitrogens with zero attached hydrogens (tertiary/aromatic N) is 1. The lowest BCUT2D eigenvalue weighted by molar-refractivity contribution is 0.360. The summed E-state index contributed by atoms with van der Waals surface area (Å²) in [5, 5.41) is 3.44. The van der Waals surface area contributed by atoms with Crippen LogP contribution in [0.5, 0.6) is 0 Å². The minimum absolute atomic E-state index is 0.0165. The zero-order valence-electron chi connectivity index (χ0n) is 11.9. The van der Waals surface area contributed by atoms with Gasteiger partial charge in [-0.1, -0.05) is 12.1 Å². The molecule has 0 aliphatic carbocycles. The molecule has 2 unspecified atom stereocenters. The fourth-order valence-electron chi connectivity index (χ4n) is 2.29. The van der Waals surface area contributed by atoms with Crippen LogP contribution in [0.4, 0.5) is 0 Å². The molecule has 0 amide bonds. The maximum Gasteiger partial charge on any atom is 0.212 e. The average Bonchev–Trinajstić information content (AvgIpc) is 3.04. The first kappa shape index (κ1) is 12.9. The Hall–Kier alpha value is -2.07. The Labute approximate surface area is 117 Å². The van der Waals surface area contributed by atoms with Crippen LogP contribution >= 0.6 is 0 Å². The summed E-state index contributed by atoms with van der Waals surface area (Å²) in [4.78, 5) is 4.50. The van der Waals surface area contributed by atoms with Gasteiger partial charge in [0.2, 0.25) is 5.89 Å². The molecule has 1 N–H and O–H groups in total. The second-order valence-electron chi connectivity index (χ2n) is 5.08. The zero-order valence-corrected chi connectivity index (χ0v) is 11.9. The number of aryl methyl sites for hydroxylation is 1. The summed E-state index contributed by atoms with van der Waals surface area (Å²) >= 11 is 0. The number of fused-ring (bicyclic) bond motifs is 1. The maximum absolute atomic E-state index is 5.77. The van der Waals surface area contributed by atoms with Crippen LogP contribution in [0.25, 0.3) is 11.1 Å². The summed E-state index contributed by atoms with van der Waals surface area (Å²) in [5.41, 5.74) is 1.70. The Morgan fingerprint density at radius 1 is 1.00 bits per heavy atom. The molecule has 20 heavy (non-hydrogen) atoms. The molecule has 0 fully saturated rings. The fourth-order valence-corrected chi connectivity index (χ4v) is 2.29. The highest BCUT2D eigenvalue weighted by atomic mass is 16.4. The predicted octanol–water partition coefficient (Wildman–Crippen LogP) is 4.14. The fraction of sp³-hybridized carbons (Fsp3) is 0.312. The summed E-state index contributed by atoms with van der Waals surface area (Å²) in [6, 6.07) is 11.9. The Morgan fingerprint density at radius 3 is 2.50 bits per heavy atom. The highest BCUT2D eigenvalue weighted by Crippen LogP contribution is 2.23. The highest BCUT2D eigenvalue weighted by molar-refractivity contribution is 5.72. The van der Waals surface area contributed by atoms with Gasteiger partial charge in [0.05, 0.1) is 12.1 Å². The van der Waals surface area contributed by atoms with E-state index in [9.17, 15) is 0 Å². The van der Waals surface area contributed by atoms with E-state index in [-0.39, 0.29) is 12.1 Å². The van der Waals surface area contributed by atoms with E-state index in [0.717, 1.165) is 22.6 Å². The molecule has 2 atom stereocenters. The third kappa shape index (κ3) is 2.47. The normalized spacial score (nSPS) is 14.6. The van der Waals surface area contributed by atoms with Gasteiger partial charge in [0, 0.05) is 0 Å². The Balaban J connectivity index is 1.76. The van der Waals surface area contributed by atoms with E-state index in [1.54, 1.807) is 0 Å². The zero-order chi connectivity index (χ0) is 14.1. The number of nitrogens with one attached hydrogen (secondary N) is 1. The largest absolute Gasteiger partial charge is 0.465 e. The first-order chi connectivity index (χ1) is 9.63. The molecular weight excluding hydrogens is 252 g/mol. The van der Waals surface area contributed by atoms with Crippen molar-refractivity contribution in [1.82, 2.24) is 10.3 Å². The van der Waals surface area contributed by atoms with Crippen molar-refractivity contribution in [2.75, 3.05) is 0 Å². The first-order valence-electron chi connectivity index (χ1n) is 6.81. The van der Waals surface area contributed by atoms with Crippen LogP contribution < -0.4 is 5.32 Å². The van der Waals surface area contributed by atoms with Gasteiger partial charge in [0.1, 0.15) is 17.0 Å². The molecule has 0 aliphatic heterocycles. The van der Waals surface area contributed by atoms with Crippen LogP contribution in [0.2, 0.25) is 0 Å². The van der Waals surface area contributed by atoms with E-state index in [4.69, 9.17) is 8.83 Å². The minimum Gasteiger partial charge on any atom is -0.465 e. The molecule has 4 nitrogen and oxygen atoms in total. The summed E-state index contributed by atoms with van der Waals surface area (Å²) in [6.45, 7) is 6.05. The number of oxazole rings is 1. The molecule has 0 bridgehead atoms. The molecular formula is C16H18N2O2. The third-order valence-electron chi connectivity index (χ3n) is 3.37. The van der Waals surface area contributed by atoms with Crippen molar-refractivity contribution in [3.8, 4) is 0 Å². The van der Waals surface area contributed by atoms with Crippen molar-refractivity contribution in [3.05, 3.63) is 53.8 Å². The van der Waals surface area contributed by atoms with Gasteiger partial charge in [0.15, 0.2) is 5.58 Å². The molecule has 0 aliphatic rings. The Bertz CT molecular complexity index is 681. The third-order valence-corrected chi connectivity index (χ3v) is 3.37. The van der Waals surface area contributed by atoms with Gasteiger partial charge in [-0.3, -0.25) is 5.32 Å². The van der Waals surface area contributed by atoms with Gasteiger partial charge in [-0.05, 0) is 45.0 Å². The van der Waals surface area contributed by atoms with Crippen molar-refractivity contribution in [2.45, 2.75) is 32.9 Å². The summed E-state index contributed by atoms with van der Waals surface area (Å²) in [5.74, 6) is 2.54. The maximum atomic E-state index is 5.77. The predicted molar refractivity (Wildman–Crippen MR) is 77.4 cm³/mol. The molecule has 0 saturated carbocycles. The van der Waals surface area contributed by atoms with Gasteiger partial charge in [0.25, 0.3) is 0 Å². The molecule has 0 spiro atoms. The lowest BCUT2D eigenvalue weighted by Gasteiger charge is -2.15. The number of benzene rings is 1. The second kappa shape index (κ2) is 5.13. The molecule has 0 radical (unpaired) electrons. The van der Waals surface area contributed by atoms with Crippen LogP contribution in [0.3, 0.4) is 0 Å². The topological polar surface area (TPSA) is 51.2 Å². The van der Waals surface area contributed by atoms with Crippen molar-refractivity contribution in [1.29, 1.82) is 0 Å². The SMILES string of the molecule is Cc1ccc(C(C)NC(C)c2nc3ccccc3o2)o1. The first-order valence-corrected chi connectivity index (χ1v) is 6.81. The van der Waals surface area contributed by atoms with E-state index in [1.807, 2.05) is 50.2 Å². The molecule has 4 heteroatoms. The number of furan rings is 1. The smallest absolute Gasteiger partial charge is 0.212 e. The van der Waals surface area contributed by atoms with E-state index >= 15 is 0 Å². The molecule has 1 aromatic carbocycles. The van der Waals surface area contributed by atoms with Crippen LogP contribution in [0.15, 0.2) is 45.2 Å². The number of rotatable bonds is 4. The van der Waals surface area contributed by atoms with E-state index in [0.29, 0.717) is 5.89 Å². The quantitative estimate of drug-likeness (QED) is 0.774. The second-order valence-corrected chi connectivity index (χ2v) is 5.08. The molecule has 3 aromatic rings. The van der Waals surface area contributed by atoms with Gasteiger partial charge in [-0.15, -0.1) is 0 Å².